The fraction of sp³-hybridized carbons (Fsp3) is 0.571. The molecule has 2 nitrogen and oxygen atoms in total. The van der Waals surface area contributed by atoms with Crippen molar-refractivity contribution in [2.45, 2.75) is 44.7 Å². The van der Waals surface area contributed by atoms with E-state index in [2.05, 4.69) is 36.5 Å². The number of aliphatic hydroxyl groups excluding tert-OH is 1. The minimum absolute atomic E-state index is 0.245. The van der Waals surface area contributed by atoms with Crippen LogP contribution in [0.3, 0.4) is 0 Å². The summed E-state index contributed by atoms with van der Waals surface area (Å²) in [6.07, 6.45) is 4.45. The highest BCUT2D eigenvalue weighted by Gasteiger charge is 2.19. The lowest BCUT2D eigenvalue weighted by molar-refractivity contribution is 0.223. The van der Waals surface area contributed by atoms with Crippen molar-refractivity contribution in [3.63, 3.8) is 0 Å². The summed E-state index contributed by atoms with van der Waals surface area (Å²) in [5.74, 6) is 0. The van der Waals surface area contributed by atoms with Crippen LogP contribution in [-0.2, 0) is 12.8 Å². The topological polar surface area (TPSA) is 32.3 Å². The lowest BCUT2D eigenvalue weighted by Gasteiger charge is -2.28. The van der Waals surface area contributed by atoms with Crippen molar-refractivity contribution in [1.82, 2.24) is 5.32 Å². The van der Waals surface area contributed by atoms with Crippen LogP contribution in [0.25, 0.3) is 0 Å². The molecule has 0 amide bonds. The van der Waals surface area contributed by atoms with Crippen molar-refractivity contribution in [3.05, 3.63) is 35.4 Å². The van der Waals surface area contributed by atoms with Gasteiger partial charge in [-0.25, -0.2) is 0 Å². The first-order chi connectivity index (χ1) is 7.83. The molecule has 0 radical (unpaired) electrons. The summed E-state index contributed by atoms with van der Waals surface area (Å²) in [6.45, 7) is 2.36. The van der Waals surface area contributed by atoms with Crippen molar-refractivity contribution < 1.29 is 5.11 Å². The van der Waals surface area contributed by atoms with E-state index in [0.29, 0.717) is 6.04 Å². The van der Waals surface area contributed by atoms with Crippen LogP contribution in [0.5, 0.6) is 0 Å². The number of rotatable bonds is 4. The highest BCUT2D eigenvalue weighted by molar-refractivity contribution is 5.30. The van der Waals surface area contributed by atoms with Crippen molar-refractivity contribution >= 4 is 0 Å². The predicted molar refractivity (Wildman–Crippen MR) is 66.6 cm³/mol. The van der Waals surface area contributed by atoms with Gasteiger partial charge in [0, 0.05) is 12.1 Å². The summed E-state index contributed by atoms with van der Waals surface area (Å²) in [5, 5.41) is 12.7. The second-order valence-electron chi connectivity index (χ2n) is 4.66. The number of nitrogens with one attached hydrogen (secondary N) is 1. The van der Waals surface area contributed by atoms with Gasteiger partial charge in [-0.1, -0.05) is 31.2 Å². The molecule has 1 aromatic carbocycles. The molecule has 0 bridgehead atoms. The average molecular weight is 219 g/mol. The summed E-state index contributed by atoms with van der Waals surface area (Å²) in [5.41, 5.74) is 2.97. The van der Waals surface area contributed by atoms with Gasteiger partial charge in [0.25, 0.3) is 0 Å². The first kappa shape index (κ1) is 11.6. The Bertz CT molecular complexity index is 333. The Labute approximate surface area is 97.7 Å². The molecule has 1 aromatic rings. The fourth-order valence-corrected chi connectivity index (χ4v) is 2.47. The van der Waals surface area contributed by atoms with Crippen molar-refractivity contribution in [1.29, 1.82) is 0 Å². The zero-order valence-electron chi connectivity index (χ0n) is 9.95. The SMILES string of the molecule is CC[C@@H](CO)N[C@@H]1CCc2ccccc2C1. The number of benzene rings is 1. The standard InChI is InChI=1S/C14H21NO/c1-2-13(10-16)15-14-8-7-11-5-3-4-6-12(11)9-14/h3-6,13-16H,2,7-10H2,1H3/t13-,14+/m0/s1. The number of hydrogen-bond acceptors (Lipinski definition) is 2. The summed E-state index contributed by atoms with van der Waals surface area (Å²) >= 11 is 0. The lowest BCUT2D eigenvalue weighted by atomic mass is 9.88. The fourth-order valence-electron chi connectivity index (χ4n) is 2.47. The second kappa shape index (κ2) is 5.46. The van der Waals surface area contributed by atoms with Gasteiger partial charge in [-0.3, -0.25) is 0 Å². The van der Waals surface area contributed by atoms with E-state index in [9.17, 15) is 5.11 Å². The minimum Gasteiger partial charge on any atom is -0.395 e. The first-order valence-electron chi connectivity index (χ1n) is 6.27. The van der Waals surface area contributed by atoms with E-state index in [1.165, 1.54) is 17.5 Å². The van der Waals surface area contributed by atoms with E-state index < -0.39 is 0 Å². The van der Waals surface area contributed by atoms with Crippen LogP contribution in [0.2, 0.25) is 0 Å². The number of aryl methyl sites for hydroxylation is 1. The Balaban J connectivity index is 1.97. The maximum atomic E-state index is 9.19. The zero-order valence-corrected chi connectivity index (χ0v) is 9.95. The Hall–Kier alpha value is -0.860. The molecule has 88 valence electrons. The Morgan fingerprint density at radius 3 is 2.81 bits per heavy atom. The second-order valence-corrected chi connectivity index (χ2v) is 4.66. The molecule has 2 heteroatoms. The molecule has 0 aromatic heterocycles. The quantitative estimate of drug-likeness (QED) is 0.810. The van der Waals surface area contributed by atoms with Gasteiger partial charge < -0.3 is 10.4 Å². The molecule has 2 N–H and O–H groups in total. The molecule has 0 heterocycles. The van der Waals surface area contributed by atoms with Gasteiger partial charge in [-0.05, 0) is 36.8 Å². The summed E-state index contributed by atoms with van der Waals surface area (Å²) in [6, 6.07) is 9.49. The molecular formula is C14H21NO. The number of fused-ring (bicyclic) bond motifs is 1. The van der Waals surface area contributed by atoms with Crippen LogP contribution in [0.4, 0.5) is 0 Å². The van der Waals surface area contributed by atoms with Gasteiger partial charge in [-0.2, -0.15) is 0 Å². The van der Waals surface area contributed by atoms with Crippen LogP contribution in [-0.4, -0.2) is 23.8 Å². The van der Waals surface area contributed by atoms with E-state index in [0.717, 1.165) is 19.3 Å². The van der Waals surface area contributed by atoms with E-state index in [1.54, 1.807) is 0 Å². The molecule has 1 aliphatic rings. The van der Waals surface area contributed by atoms with Gasteiger partial charge in [0.05, 0.1) is 6.61 Å². The third kappa shape index (κ3) is 2.63. The molecular weight excluding hydrogens is 198 g/mol. The van der Waals surface area contributed by atoms with E-state index in [1.807, 2.05) is 0 Å². The number of hydrogen-bond donors (Lipinski definition) is 2. The zero-order chi connectivity index (χ0) is 11.4. The minimum atomic E-state index is 0.245. The molecule has 0 spiro atoms. The lowest BCUT2D eigenvalue weighted by Crippen LogP contribution is -2.43. The maximum Gasteiger partial charge on any atom is 0.0584 e. The first-order valence-corrected chi connectivity index (χ1v) is 6.27. The van der Waals surface area contributed by atoms with Crippen LogP contribution in [0, 0.1) is 0 Å². The molecule has 2 rings (SSSR count). The molecule has 0 saturated heterocycles. The van der Waals surface area contributed by atoms with Gasteiger partial charge in [0.15, 0.2) is 0 Å². The molecule has 0 fully saturated rings. The van der Waals surface area contributed by atoms with Gasteiger partial charge in [-0.15, -0.1) is 0 Å². The van der Waals surface area contributed by atoms with E-state index >= 15 is 0 Å². The highest BCUT2D eigenvalue weighted by atomic mass is 16.3. The smallest absolute Gasteiger partial charge is 0.0584 e. The van der Waals surface area contributed by atoms with Gasteiger partial charge >= 0.3 is 0 Å². The number of aliphatic hydroxyl groups is 1. The maximum absolute atomic E-state index is 9.19. The van der Waals surface area contributed by atoms with Gasteiger partial charge in [0.1, 0.15) is 0 Å². The molecule has 0 aliphatic heterocycles. The Kier molecular flexibility index (Phi) is 3.97. The third-order valence-electron chi connectivity index (χ3n) is 3.53. The van der Waals surface area contributed by atoms with Crippen molar-refractivity contribution in [3.8, 4) is 0 Å². The van der Waals surface area contributed by atoms with Gasteiger partial charge in [0.2, 0.25) is 0 Å². The monoisotopic (exact) mass is 219 g/mol. The molecule has 0 saturated carbocycles. The largest absolute Gasteiger partial charge is 0.395 e. The molecule has 16 heavy (non-hydrogen) atoms. The summed E-state index contributed by atoms with van der Waals surface area (Å²) in [4.78, 5) is 0. The molecule has 0 unspecified atom stereocenters. The van der Waals surface area contributed by atoms with E-state index in [-0.39, 0.29) is 12.6 Å². The highest BCUT2D eigenvalue weighted by Crippen LogP contribution is 2.21. The summed E-state index contributed by atoms with van der Waals surface area (Å²) in [7, 11) is 0. The Morgan fingerprint density at radius 2 is 2.12 bits per heavy atom. The van der Waals surface area contributed by atoms with Crippen molar-refractivity contribution in [2.24, 2.45) is 0 Å². The summed E-state index contributed by atoms with van der Waals surface area (Å²) < 4.78 is 0. The molecule has 2 atom stereocenters. The van der Waals surface area contributed by atoms with Crippen LogP contribution in [0.1, 0.15) is 30.9 Å². The Morgan fingerprint density at radius 1 is 1.38 bits per heavy atom. The van der Waals surface area contributed by atoms with Crippen LogP contribution in [0.15, 0.2) is 24.3 Å². The average Bonchev–Trinajstić information content (AvgIpc) is 2.35. The normalized spacial score (nSPS) is 21.5. The van der Waals surface area contributed by atoms with Crippen molar-refractivity contribution in [2.75, 3.05) is 6.61 Å². The van der Waals surface area contributed by atoms with Crippen LogP contribution >= 0.6 is 0 Å². The third-order valence-corrected chi connectivity index (χ3v) is 3.53. The molecule has 1 aliphatic carbocycles. The van der Waals surface area contributed by atoms with E-state index in [4.69, 9.17) is 0 Å². The van der Waals surface area contributed by atoms with Crippen LogP contribution < -0.4 is 5.32 Å². The predicted octanol–water partition coefficient (Wildman–Crippen LogP) is 1.90.